The first-order chi connectivity index (χ1) is 7.24. The second-order valence-corrected chi connectivity index (χ2v) is 4.92. The van der Waals surface area contributed by atoms with Crippen LogP contribution in [0, 0.1) is 11.8 Å². The summed E-state index contributed by atoms with van der Waals surface area (Å²) in [6.45, 7) is 2.07. The fourth-order valence-corrected chi connectivity index (χ4v) is 2.69. The summed E-state index contributed by atoms with van der Waals surface area (Å²) in [4.78, 5) is 11.0. The highest BCUT2D eigenvalue weighted by atomic mass is 16.4. The maximum absolute atomic E-state index is 11.0. The Kier molecular flexibility index (Phi) is 5.74. The molecule has 15 heavy (non-hydrogen) atoms. The van der Waals surface area contributed by atoms with E-state index in [1.807, 2.05) is 0 Å². The van der Waals surface area contributed by atoms with Crippen LogP contribution in [0.15, 0.2) is 0 Å². The summed E-state index contributed by atoms with van der Waals surface area (Å²) in [6, 6.07) is 0. The lowest BCUT2D eigenvalue weighted by molar-refractivity contribution is -0.142. The van der Waals surface area contributed by atoms with Crippen molar-refractivity contribution in [1.82, 2.24) is 0 Å². The van der Waals surface area contributed by atoms with Gasteiger partial charge >= 0.3 is 5.97 Å². The molecule has 0 saturated heterocycles. The van der Waals surface area contributed by atoms with Crippen LogP contribution in [0.25, 0.3) is 0 Å². The van der Waals surface area contributed by atoms with E-state index in [-0.39, 0.29) is 5.92 Å². The predicted molar refractivity (Wildman–Crippen MR) is 61.8 cm³/mol. The molecule has 1 aliphatic carbocycles. The molecule has 2 nitrogen and oxygen atoms in total. The van der Waals surface area contributed by atoms with Crippen LogP contribution < -0.4 is 0 Å². The quantitative estimate of drug-likeness (QED) is 0.703. The zero-order valence-corrected chi connectivity index (χ0v) is 9.87. The first-order valence-electron chi connectivity index (χ1n) is 6.46. The van der Waals surface area contributed by atoms with Gasteiger partial charge in [0.25, 0.3) is 0 Å². The van der Waals surface area contributed by atoms with Crippen LogP contribution >= 0.6 is 0 Å². The molecule has 1 unspecified atom stereocenters. The third-order valence-corrected chi connectivity index (χ3v) is 3.58. The highest BCUT2D eigenvalue weighted by Crippen LogP contribution is 2.29. The molecule has 0 amide bonds. The van der Waals surface area contributed by atoms with Crippen molar-refractivity contribution in [2.75, 3.05) is 0 Å². The number of rotatable bonds is 5. The summed E-state index contributed by atoms with van der Waals surface area (Å²) in [5, 5.41) is 9.11. The highest BCUT2D eigenvalue weighted by Gasteiger charge is 2.22. The van der Waals surface area contributed by atoms with Gasteiger partial charge in [0.1, 0.15) is 0 Å². The number of hydrogen-bond acceptors (Lipinski definition) is 1. The zero-order chi connectivity index (χ0) is 11.1. The minimum atomic E-state index is -0.582. The van der Waals surface area contributed by atoms with E-state index in [4.69, 9.17) is 5.11 Å². The largest absolute Gasteiger partial charge is 0.481 e. The van der Waals surface area contributed by atoms with Crippen LogP contribution in [-0.2, 0) is 4.79 Å². The van der Waals surface area contributed by atoms with Crippen molar-refractivity contribution in [3.05, 3.63) is 0 Å². The Hall–Kier alpha value is -0.530. The van der Waals surface area contributed by atoms with Gasteiger partial charge in [-0.15, -0.1) is 0 Å². The van der Waals surface area contributed by atoms with Gasteiger partial charge in [-0.3, -0.25) is 4.79 Å². The lowest BCUT2D eigenvalue weighted by Crippen LogP contribution is -2.17. The minimum absolute atomic E-state index is 0.0851. The SMILES string of the molecule is CCCC(CC1CCCCCC1)C(=O)O. The molecule has 0 heterocycles. The molecule has 1 aliphatic rings. The first-order valence-corrected chi connectivity index (χ1v) is 6.46. The molecule has 1 atom stereocenters. The Labute approximate surface area is 93.1 Å². The fraction of sp³-hybridized carbons (Fsp3) is 0.923. The maximum atomic E-state index is 11.0. The lowest BCUT2D eigenvalue weighted by atomic mass is 9.87. The normalized spacial score (nSPS) is 20.9. The van der Waals surface area contributed by atoms with Gasteiger partial charge in [-0.05, 0) is 18.8 Å². The average Bonchev–Trinajstić information content (AvgIpc) is 2.45. The average molecular weight is 212 g/mol. The number of hydrogen-bond donors (Lipinski definition) is 1. The monoisotopic (exact) mass is 212 g/mol. The van der Waals surface area contributed by atoms with Gasteiger partial charge in [0.15, 0.2) is 0 Å². The third kappa shape index (κ3) is 4.67. The second-order valence-electron chi connectivity index (χ2n) is 4.92. The summed E-state index contributed by atoms with van der Waals surface area (Å²) >= 11 is 0. The molecule has 0 aromatic heterocycles. The summed E-state index contributed by atoms with van der Waals surface area (Å²) in [7, 11) is 0. The maximum Gasteiger partial charge on any atom is 0.306 e. The van der Waals surface area contributed by atoms with E-state index >= 15 is 0 Å². The fourth-order valence-electron chi connectivity index (χ4n) is 2.69. The van der Waals surface area contributed by atoms with Gasteiger partial charge in [0, 0.05) is 0 Å². The van der Waals surface area contributed by atoms with E-state index < -0.39 is 5.97 Å². The summed E-state index contributed by atoms with van der Waals surface area (Å²) in [6.07, 6.45) is 10.6. The Balaban J connectivity index is 2.37. The Morgan fingerprint density at radius 3 is 2.33 bits per heavy atom. The molecule has 2 heteroatoms. The molecule has 0 radical (unpaired) electrons. The van der Waals surface area contributed by atoms with Crippen LogP contribution in [0.3, 0.4) is 0 Å². The summed E-state index contributed by atoms with van der Waals surface area (Å²) in [5.74, 6) is 0.0133. The number of carboxylic acid groups (broad SMARTS) is 1. The van der Waals surface area contributed by atoms with E-state index in [1.165, 1.54) is 38.5 Å². The first kappa shape index (κ1) is 12.5. The molecule has 0 bridgehead atoms. The van der Waals surface area contributed by atoms with Crippen LogP contribution in [0.5, 0.6) is 0 Å². The van der Waals surface area contributed by atoms with Crippen molar-refractivity contribution in [2.45, 2.75) is 64.7 Å². The van der Waals surface area contributed by atoms with Gasteiger partial charge in [0.05, 0.1) is 5.92 Å². The predicted octanol–water partition coefficient (Wildman–Crippen LogP) is 3.85. The molecule has 0 aliphatic heterocycles. The van der Waals surface area contributed by atoms with Gasteiger partial charge in [-0.1, -0.05) is 51.9 Å². The van der Waals surface area contributed by atoms with Crippen LogP contribution in [-0.4, -0.2) is 11.1 Å². The van der Waals surface area contributed by atoms with Crippen molar-refractivity contribution >= 4 is 5.97 Å². The van der Waals surface area contributed by atoms with Crippen molar-refractivity contribution in [2.24, 2.45) is 11.8 Å². The van der Waals surface area contributed by atoms with Gasteiger partial charge in [-0.2, -0.15) is 0 Å². The summed E-state index contributed by atoms with van der Waals surface area (Å²) < 4.78 is 0. The molecular formula is C13H24O2. The summed E-state index contributed by atoms with van der Waals surface area (Å²) in [5.41, 5.74) is 0. The van der Waals surface area contributed by atoms with E-state index in [2.05, 4.69) is 6.92 Å². The topological polar surface area (TPSA) is 37.3 Å². The molecule has 1 saturated carbocycles. The Morgan fingerprint density at radius 1 is 1.27 bits per heavy atom. The van der Waals surface area contributed by atoms with Gasteiger partial charge in [-0.25, -0.2) is 0 Å². The molecule has 88 valence electrons. The van der Waals surface area contributed by atoms with Crippen molar-refractivity contribution in [3.63, 3.8) is 0 Å². The van der Waals surface area contributed by atoms with Crippen molar-refractivity contribution < 1.29 is 9.90 Å². The third-order valence-electron chi connectivity index (χ3n) is 3.58. The Bertz CT molecular complexity index is 181. The molecular weight excluding hydrogens is 188 g/mol. The lowest BCUT2D eigenvalue weighted by Gasteiger charge is -2.18. The zero-order valence-electron chi connectivity index (χ0n) is 9.87. The Morgan fingerprint density at radius 2 is 1.87 bits per heavy atom. The highest BCUT2D eigenvalue weighted by molar-refractivity contribution is 5.69. The van der Waals surface area contributed by atoms with Crippen LogP contribution in [0.4, 0.5) is 0 Å². The van der Waals surface area contributed by atoms with Crippen molar-refractivity contribution in [1.29, 1.82) is 0 Å². The molecule has 1 rings (SSSR count). The van der Waals surface area contributed by atoms with E-state index in [9.17, 15) is 4.79 Å². The molecule has 1 N–H and O–H groups in total. The van der Waals surface area contributed by atoms with E-state index in [0.29, 0.717) is 5.92 Å². The van der Waals surface area contributed by atoms with E-state index in [1.54, 1.807) is 0 Å². The van der Waals surface area contributed by atoms with Gasteiger partial charge in [0.2, 0.25) is 0 Å². The number of carbonyl (C=O) groups is 1. The van der Waals surface area contributed by atoms with E-state index in [0.717, 1.165) is 19.3 Å². The molecule has 1 fully saturated rings. The minimum Gasteiger partial charge on any atom is -0.481 e. The molecule has 0 spiro atoms. The molecule has 0 aromatic carbocycles. The number of aliphatic carboxylic acids is 1. The smallest absolute Gasteiger partial charge is 0.306 e. The molecule has 0 aromatic rings. The van der Waals surface area contributed by atoms with Crippen LogP contribution in [0.2, 0.25) is 0 Å². The van der Waals surface area contributed by atoms with Gasteiger partial charge < -0.3 is 5.11 Å². The second kappa shape index (κ2) is 6.86. The van der Waals surface area contributed by atoms with Crippen LogP contribution in [0.1, 0.15) is 64.7 Å². The number of carboxylic acids is 1. The standard InChI is InChI=1S/C13H24O2/c1-2-7-12(13(14)15)10-11-8-5-3-4-6-9-11/h11-12H,2-10H2,1H3,(H,14,15). The van der Waals surface area contributed by atoms with Crippen molar-refractivity contribution in [3.8, 4) is 0 Å².